The first-order valence-electron chi connectivity index (χ1n) is 23.3. The van der Waals surface area contributed by atoms with Gasteiger partial charge in [-0.3, -0.25) is 24.5 Å². The van der Waals surface area contributed by atoms with E-state index in [1.54, 1.807) is 17.5 Å². The average Bonchev–Trinajstić information content (AvgIpc) is 4.07. The van der Waals surface area contributed by atoms with Crippen LogP contribution in [0.25, 0.3) is 11.0 Å². The second kappa shape index (κ2) is 27.2. The van der Waals surface area contributed by atoms with Crippen molar-refractivity contribution in [3.05, 3.63) is 65.6 Å². The number of amides is 6. The molecular formula is C47H67N9O9S2. The lowest BCUT2D eigenvalue weighted by molar-refractivity contribution is -0.126. The van der Waals surface area contributed by atoms with Gasteiger partial charge >= 0.3 is 6.03 Å². The minimum absolute atomic E-state index is 0.0315. The molecule has 6 rings (SSSR count). The summed E-state index contributed by atoms with van der Waals surface area (Å²) in [5.74, 6) is 0.652. The van der Waals surface area contributed by atoms with Gasteiger partial charge in [0.15, 0.2) is 0 Å². The monoisotopic (exact) mass is 965 g/mol. The van der Waals surface area contributed by atoms with Crippen molar-refractivity contribution in [1.82, 2.24) is 35.3 Å². The van der Waals surface area contributed by atoms with Crippen molar-refractivity contribution in [3.8, 4) is 0 Å². The minimum atomic E-state index is -0.350. The Balaban J connectivity index is 0.786. The lowest BCUT2D eigenvalue weighted by Gasteiger charge is -2.26. The molecule has 3 saturated heterocycles. The maximum absolute atomic E-state index is 13.5. The van der Waals surface area contributed by atoms with Crippen molar-refractivity contribution >= 4 is 74.7 Å². The summed E-state index contributed by atoms with van der Waals surface area (Å²) in [4.78, 5) is 71.2. The van der Waals surface area contributed by atoms with Gasteiger partial charge in [0, 0.05) is 61.6 Å². The van der Waals surface area contributed by atoms with E-state index in [1.807, 2.05) is 54.9 Å². The van der Waals surface area contributed by atoms with E-state index in [4.69, 9.17) is 23.9 Å². The SMILES string of the molecule is C=CC(=O)Nc1cc(C(=O)Nc2nc3cccc(C)c3n2[C@@H]2CCCCN(C(=O)/C=C/CN(C)CCOCCOCCOCCOCCNC(=O)CCCC[C@@H]3SC[C@@H]4NC(=O)N[C@@H]43)C2)cs1. The van der Waals surface area contributed by atoms with Gasteiger partial charge in [-0.2, -0.15) is 11.8 Å². The molecule has 1 aromatic carbocycles. The van der Waals surface area contributed by atoms with Gasteiger partial charge in [0.05, 0.1) is 92.6 Å². The lowest BCUT2D eigenvalue weighted by Crippen LogP contribution is -2.36. The number of nitrogens with zero attached hydrogens (tertiary/aromatic N) is 4. The molecule has 20 heteroatoms. The molecule has 5 N–H and O–H groups in total. The van der Waals surface area contributed by atoms with E-state index >= 15 is 0 Å². The maximum Gasteiger partial charge on any atom is 0.315 e. The molecule has 5 heterocycles. The van der Waals surface area contributed by atoms with Gasteiger partial charge < -0.3 is 54.6 Å². The number of unbranched alkanes of at least 4 members (excludes halogenated alkanes) is 1. The van der Waals surface area contributed by atoms with Crippen LogP contribution < -0.4 is 26.6 Å². The van der Waals surface area contributed by atoms with Crippen molar-refractivity contribution in [2.45, 2.75) is 75.2 Å². The summed E-state index contributed by atoms with van der Waals surface area (Å²) in [7, 11) is 1.98. The number of thiophene rings is 1. The number of aromatic nitrogens is 2. The Morgan fingerprint density at radius 2 is 1.75 bits per heavy atom. The summed E-state index contributed by atoms with van der Waals surface area (Å²) >= 11 is 3.15. The first-order chi connectivity index (χ1) is 32.6. The first-order valence-corrected chi connectivity index (χ1v) is 25.2. The van der Waals surface area contributed by atoms with Crippen LogP contribution in [0.5, 0.6) is 0 Å². The zero-order valence-electron chi connectivity index (χ0n) is 38.8. The molecular weight excluding hydrogens is 899 g/mol. The molecule has 6 amide bonds. The minimum Gasteiger partial charge on any atom is -0.378 e. The average molecular weight is 966 g/mol. The molecule has 0 unspecified atom stereocenters. The van der Waals surface area contributed by atoms with Crippen molar-refractivity contribution in [3.63, 3.8) is 0 Å². The number of para-hydroxylation sites is 1. The first kappa shape index (κ1) is 51.6. The van der Waals surface area contributed by atoms with E-state index in [0.717, 1.165) is 60.9 Å². The zero-order chi connectivity index (χ0) is 47.4. The van der Waals surface area contributed by atoms with Gasteiger partial charge in [-0.25, -0.2) is 9.78 Å². The van der Waals surface area contributed by atoms with E-state index in [-0.39, 0.29) is 47.8 Å². The van der Waals surface area contributed by atoms with Crippen molar-refractivity contribution in [1.29, 1.82) is 0 Å². The fourth-order valence-electron chi connectivity index (χ4n) is 8.30. The van der Waals surface area contributed by atoms with E-state index in [1.165, 1.54) is 17.4 Å². The molecule has 2 aromatic heterocycles. The number of carbonyl (C=O) groups is 5. The van der Waals surface area contributed by atoms with Gasteiger partial charge in [0.2, 0.25) is 23.7 Å². The highest BCUT2D eigenvalue weighted by Crippen LogP contribution is 2.34. The smallest absolute Gasteiger partial charge is 0.315 e. The third-order valence-electron chi connectivity index (χ3n) is 11.8. The van der Waals surface area contributed by atoms with Gasteiger partial charge in [0.1, 0.15) is 0 Å². The van der Waals surface area contributed by atoms with Gasteiger partial charge in [-0.15, -0.1) is 11.3 Å². The number of urea groups is 1. The number of hydrogen-bond donors (Lipinski definition) is 5. The molecule has 18 nitrogen and oxygen atoms in total. The summed E-state index contributed by atoms with van der Waals surface area (Å²) in [5.41, 5.74) is 3.11. The number of carbonyl (C=O) groups excluding carboxylic acids is 5. The highest BCUT2D eigenvalue weighted by Gasteiger charge is 2.42. The van der Waals surface area contributed by atoms with E-state index in [2.05, 4.69) is 42.6 Å². The number of fused-ring (bicyclic) bond motifs is 2. The predicted octanol–water partition coefficient (Wildman–Crippen LogP) is 4.73. The highest BCUT2D eigenvalue weighted by atomic mass is 32.2. The topological polar surface area (TPSA) is 207 Å². The molecule has 0 aliphatic carbocycles. The van der Waals surface area contributed by atoms with Crippen LogP contribution in [0.1, 0.15) is 66.9 Å². The van der Waals surface area contributed by atoms with Gasteiger partial charge in [-0.1, -0.05) is 31.2 Å². The number of nitrogens with one attached hydrogen (secondary N) is 5. The molecule has 4 atom stereocenters. The molecule has 0 saturated carbocycles. The second-order valence-corrected chi connectivity index (χ2v) is 19.0. The number of thioether (sulfide) groups is 1. The van der Waals surface area contributed by atoms with Crippen LogP contribution in [0.15, 0.2) is 54.5 Å². The Kier molecular flexibility index (Phi) is 21.0. The summed E-state index contributed by atoms with van der Waals surface area (Å²) in [6.07, 6.45) is 10.6. The predicted molar refractivity (Wildman–Crippen MR) is 262 cm³/mol. The summed E-state index contributed by atoms with van der Waals surface area (Å²) < 4.78 is 24.6. The molecule has 3 aromatic rings. The van der Waals surface area contributed by atoms with Crippen LogP contribution in [0, 0.1) is 6.92 Å². The maximum atomic E-state index is 13.5. The van der Waals surface area contributed by atoms with Crippen LogP contribution in [0.2, 0.25) is 0 Å². The van der Waals surface area contributed by atoms with E-state index in [0.29, 0.717) is 114 Å². The number of aryl methyl sites for hydroxylation is 1. The molecule has 67 heavy (non-hydrogen) atoms. The molecule has 0 bridgehead atoms. The quantitative estimate of drug-likeness (QED) is 0.0381. The summed E-state index contributed by atoms with van der Waals surface area (Å²) in [6, 6.07) is 7.78. The van der Waals surface area contributed by atoms with Crippen molar-refractivity contribution in [2.24, 2.45) is 0 Å². The molecule has 3 aliphatic heterocycles. The molecule has 366 valence electrons. The number of likely N-dealkylation sites (tertiary alicyclic amines) is 1. The van der Waals surface area contributed by atoms with Crippen molar-refractivity contribution in [2.75, 3.05) is 109 Å². The molecule has 3 fully saturated rings. The second-order valence-electron chi connectivity index (χ2n) is 16.9. The van der Waals surface area contributed by atoms with E-state index < -0.39 is 0 Å². The van der Waals surface area contributed by atoms with Crippen LogP contribution in [-0.4, -0.2) is 165 Å². The number of ether oxygens (including phenoxy) is 4. The fourth-order valence-corrected chi connectivity index (χ4v) is 10.6. The van der Waals surface area contributed by atoms with Gasteiger partial charge in [0.25, 0.3) is 5.91 Å². The van der Waals surface area contributed by atoms with Crippen LogP contribution >= 0.6 is 23.1 Å². The standard InChI is InChI=1S/C47H67N9O9S2/c1-4-39(57)51-41-29-34(31-67-41)45(60)53-46-49-36-13-9-11-33(2)44(36)56(46)35-12-7-8-19-55(30-35)42(59)16-10-18-54(3)20-22-63-24-26-65-28-27-64-25-23-62-21-17-48-40(58)15-6-5-14-38-43-37(32-66-38)50-47(61)52-43/h4,9-11,13,16,29,31,35,37-38,43H,1,5-8,12,14-15,17-28,30,32H2,2-3H3,(H,48,58)(H,51,57)(H,49,53,60)(H2,50,52,61)/b16-10+/t35-,37+,38+,43+/m1/s1. The zero-order valence-corrected chi connectivity index (χ0v) is 40.4. The number of anilines is 2. The van der Waals surface area contributed by atoms with Crippen LogP contribution in [-0.2, 0) is 33.3 Å². The number of hydrogen-bond acceptors (Lipinski definition) is 13. The Morgan fingerprint density at radius 3 is 2.52 bits per heavy atom. The Labute approximate surface area is 401 Å². The van der Waals surface area contributed by atoms with Crippen LogP contribution in [0.4, 0.5) is 15.7 Å². The Hall–Kier alpha value is -4.83. The molecule has 0 radical (unpaired) electrons. The number of likely N-dealkylation sites (N-methyl/N-ethyl adjacent to an activating group) is 1. The van der Waals surface area contributed by atoms with Crippen molar-refractivity contribution < 1.29 is 42.9 Å². The number of rotatable bonds is 28. The highest BCUT2D eigenvalue weighted by molar-refractivity contribution is 8.00. The Morgan fingerprint density at radius 1 is 0.985 bits per heavy atom. The van der Waals surface area contributed by atoms with Gasteiger partial charge in [-0.05, 0) is 69.8 Å². The lowest BCUT2D eigenvalue weighted by atomic mass is 10.0. The third kappa shape index (κ3) is 16.1. The number of benzene rings is 1. The normalized spacial score (nSPS) is 19.3. The fraction of sp³-hybridized carbons (Fsp3) is 0.574. The summed E-state index contributed by atoms with van der Waals surface area (Å²) in [5, 5.41) is 17.2. The third-order valence-corrected chi connectivity index (χ3v) is 14.2. The number of imidazole rings is 1. The van der Waals surface area contributed by atoms with Crippen LogP contribution in [0.3, 0.4) is 0 Å². The molecule has 3 aliphatic rings. The van der Waals surface area contributed by atoms with E-state index in [9.17, 15) is 24.0 Å². The largest absolute Gasteiger partial charge is 0.378 e. The Bertz CT molecular complexity index is 2150. The summed E-state index contributed by atoms with van der Waals surface area (Å²) in [6.45, 7) is 12.0. The molecule has 0 spiro atoms.